The Bertz CT molecular complexity index is 649. The monoisotopic (exact) mass is 357 g/mol. The van der Waals surface area contributed by atoms with Crippen molar-refractivity contribution in [3.8, 4) is 0 Å². The highest BCUT2D eigenvalue weighted by atomic mass is 35.5. The molecule has 0 radical (unpaired) electrons. The zero-order chi connectivity index (χ0) is 16.1. The second kappa shape index (κ2) is 7.67. The third-order valence-electron chi connectivity index (χ3n) is 2.71. The number of nitrogens with zero attached hydrogens (tertiary/aromatic N) is 1. The molecule has 2 N–H and O–H groups in total. The summed E-state index contributed by atoms with van der Waals surface area (Å²) in [5, 5.41) is 6.10. The fourth-order valence-corrected chi connectivity index (χ4v) is 2.99. The summed E-state index contributed by atoms with van der Waals surface area (Å²) < 4.78 is 0. The molecule has 8 heteroatoms. The van der Waals surface area contributed by atoms with Gasteiger partial charge in [-0.2, -0.15) is 0 Å². The molecular weight excluding hydrogens is 345 g/mol. The number of carbonyl (C=O) groups is 2. The fourth-order valence-electron chi connectivity index (χ4n) is 1.72. The molecule has 0 saturated carbocycles. The van der Waals surface area contributed by atoms with Crippen LogP contribution < -0.4 is 10.6 Å². The van der Waals surface area contributed by atoms with Crippen molar-refractivity contribution < 1.29 is 9.59 Å². The van der Waals surface area contributed by atoms with Crippen LogP contribution in [-0.4, -0.2) is 28.8 Å². The van der Waals surface area contributed by atoms with Gasteiger partial charge in [-0.1, -0.05) is 41.0 Å². The summed E-state index contributed by atoms with van der Waals surface area (Å²) >= 11 is 12.9. The lowest BCUT2D eigenvalue weighted by Gasteiger charge is -2.08. The third kappa shape index (κ3) is 4.50. The zero-order valence-electron chi connectivity index (χ0n) is 11.4. The van der Waals surface area contributed by atoms with Gasteiger partial charge in [0.15, 0.2) is 5.17 Å². The molecule has 1 fully saturated rings. The number of nitrogens with one attached hydrogen (secondary N) is 2. The van der Waals surface area contributed by atoms with Crippen molar-refractivity contribution in [2.75, 3.05) is 11.9 Å². The van der Waals surface area contributed by atoms with Gasteiger partial charge in [0, 0.05) is 12.1 Å². The number of thioether (sulfide) groups is 1. The third-order valence-corrected chi connectivity index (χ3v) is 4.57. The first-order valence-corrected chi connectivity index (χ1v) is 8.01. The molecule has 1 aliphatic heterocycles. The number of rotatable bonds is 5. The molecule has 1 aromatic rings. The van der Waals surface area contributed by atoms with Crippen molar-refractivity contribution in [1.29, 1.82) is 0 Å². The number of anilines is 1. The van der Waals surface area contributed by atoms with Gasteiger partial charge in [0.25, 0.3) is 0 Å². The molecule has 5 nitrogen and oxygen atoms in total. The molecule has 1 heterocycles. The molecule has 2 rings (SSSR count). The number of amides is 2. The summed E-state index contributed by atoms with van der Waals surface area (Å²) in [4.78, 5) is 27.9. The maximum atomic E-state index is 12.0. The van der Waals surface area contributed by atoms with Gasteiger partial charge in [-0.25, -0.2) is 0 Å². The topological polar surface area (TPSA) is 70.6 Å². The summed E-state index contributed by atoms with van der Waals surface area (Å²) in [5.41, 5.74) is 0.531. The molecule has 0 aliphatic carbocycles. The van der Waals surface area contributed by atoms with Gasteiger partial charge >= 0.3 is 0 Å². The highest BCUT2D eigenvalue weighted by Crippen LogP contribution is 2.26. The maximum absolute atomic E-state index is 12.0. The van der Waals surface area contributed by atoms with Crippen LogP contribution in [0, 0.1) is 0 Å². The number of benzene rings is 1. The van der Waals surface area contributed by atoms with Gasteiger partial charge < -0.3 is 10.6 Å². The van der Waals surface area contributed by atoms with Gasteiger partial charge in [0.1, 0.15) is 5.25 Å². The summed E-state index contributed by atoms with van der Waals surface area (Å²) in [6, 6.07) is 4.79. The smallest absolute Gasteiger partial charge is 0.240 e. The lowest BCUT2D eigenvalue weighted by Crippen LogP contribution is -2.28. The largest absolute Gasteiger partial charge is 0.326 e. The second-order valence-corrected chi connectivity index (χ2v) is 6.42. The van der Waals surface area contributed by atoms with Crippen LogP contribution in [-0.2, 0) is 9.59 Å². The zero-order valence-corrected chi connectivity index (χ0v) is 13.8. The normalized spacial score (nSPS) is 19.1. The van der Waals surface area contributed by atoms with E-state index in [-0.39, 0.29) is 18.2 Å². The Hall–Kier alpha value is -1.50. The van der Waals surface area contributed by atoms with Gasteiger partial charge in [0.05, 0.1) is 16.6 Å². The van der Waals surface area contributed by atoms with Crippen LogP contribution in [0.15, 0.2) is 35.8 Å². The van der Waals surface area contributed by atoms with E-state index in [0.29, 0.717) is 27.4 Å². The molecule has 1 aliphatic rings. The van der Waals surface area contributed by atoms with Crippen LogP contribution in [0.5, 0.6) is 0 Å². The minimum atomic E-state index is -0.494. The minimum absolute atomic E-state index is 0.0455. The van der Waals surface area contributed by atoms with Gasteiger partial charge in [0.2, 0.25) is 11.8 Å². The van der Waals surface area contributed by atoms with Gasteiger partial charge in [-0.05, 0) is 18.2 Å². The second-order valence-electron chi connectivity index (χ2n) is 4.41. The van der Waals surface area contributed by atoms with Crippen molar-refractivity contribution in [3.05, 3.63) is 40.9 Å². The van der Waals surface area contributed by atoms with Crippen molar-refractivity contribution in [1.82, 2.24) is 5.32 Å². The number of hydrogen-bond acceptors (Lipinski definition) is 4. The molecule has 116 valence electrons. The molecule has 22 heavy (non-hydrogen) atoms. The van der Waals surface area contributed by atoms with Crippen LogP contribution >= 0.6 is 35.0 Å². The van der Waals surface area contributed by atoms with E-state index in [0.717, 1.165) is 0 Å². The first-order valence-electron chi connectivity index (χ1n) is 6.37. The van der Waals surface area contributed by atoms with E-state index < -0.39 is 5.25 Å². The van der Waals surface area contributed by atoms with E-state index in [1.54, 1.807) is 24.3 Å². The SMILES string of the molecule is C=CCN=C1NC(=O)[C@H](CC(=O)Nc2ccc(Cl)c(Cl)c2)S1. The Kier molecular flexibility index (Phi) is 5.88. The van der Waals surface area contributed by atoms with E-state index >= 15 is 0 Å². The Morgan fingerprint density at radius 2 is 2.23 bits per heavy atom. The van der Waals surface area contributed by atoms with Crippen LogP contribution in [0.1, 0.15) is 6.42 Å². The van der Waals surface area contributed by atoms with E-state index in [2.05, 4.69) is 22.2 Å². The Morgan fingerprint density at radius 3 is 2.91 bits per heavy atom. The van der Waals surface area contributed by atoms with Gasteiger partial charge in [-0.15, -0.1) is 6.58 Å². The van der Waals surface area contributed by atoms with Crippen LogP contribution in [0.3, 0.4) is 0 Å². The quantitative estimate of drug-likeness (QED) is 0.795. The predicted octanol–water partition coefficient (Wildman–Crippen LogP) is 3.10. The molecule has 0 bridgehead atoms. The lowest BCUT2D eigenvalue weighted by molar-refractivity contribution is -0.122. The Morgan fingerprint density at radius 1 is 1.45 bits per heavy atom. The number of amidine groups is 1. The molecular formula is C14H13Cl2N3O2S. The van der Waals surface area contributed by atoms with Gasteiger partial charge in [-0.3, -0.25) is 14.6 Å². The van der Waals surface area contributed by atoms with E-state index in [1.165, 1.54) is 11.8 Å². The van der Waals surface area contributed by atoms with Crippen LogP contribution in [0.4, 0.5) is 5.69 Å². The maximum Gasteiger partial charge on any atom is 0.240 e. The first kappa shape index (κ1) is 16.9. The molecule has 0 aromatic heterocycles. The molecule has 1 saturated heterocycles. The highest BCUT2D eigenvalue weighted by molar-refractivity contribution is 8.15. The fraction of sp³-hybridized carbons (Fsp3) is 0.214. The summed E-state index contributed by atoms with van der Waals surface area (Å²) in [5.74, 6) is -0.506. The summed E-state index contributed by atoms with van der Waals surface area (Å²) in [6.45, 7) is 3.98. The summed E-state index contributed by atoms with van der Waals surface area (Å²) in [6.07, 6.45) is 1.67. The molecule has 1 aromatic carbocycles. The average molecular weight is 358 g/mol. The number of aliphatic imine (C=N–C) groups is 1. The molecule has 2 amide bonds. The van der Waals surface area contributed by atoms with E-state index in [1.807, 2.05) is 0 Å². The number of halogens is 2. The van der Waals surface area contributed by atoms with Crippen LogP contribution in [0.2, 0.25) is 10.0 Å². The summed E-state index contributed by atoms with van der Waals surface area (Å²) in [7, 11) is 0. The van der Waals surface area contributed by atoms with Crippen molar-refractivity contribution in [3.63, 3.8) is 0 Å². The van der Waals surface area contributed by atoms with Crippen LogP contribution in [0.25, 0.3) is 0 Å². The van der Waals surface area contributed by atoms with Crippen molar-refractivity contribution in [2.24, 2.45) is 4.99 Å². The van der Waals surface area contributed by atoms with E-state index in [9.17, 15) is 9.59 Å². The molecule has 0 unspecified atom stereocenters. The first-order chi connectivity index (χ1) is 10.5. The Labute approximate surface area is 142 Å². The van der Waals surface area contributed by atoms with Crippen molar-refractivity contribution in [2.45, 2.75) is 11.7 Å². The standard InChI is InChI=1S/C14H13Cl2N3O2S/c1-2-5-17-14-19-13(21)11(22-14)7-12(20)18-8-3-4-9(15)10(16)6-8/h2-4,6,11H,1,5,7H2,(H,18,20)(H,17,19,21)/t11-/m0/s1. The number of hydrogen-bond donors (Lipinski definition) is 2. The molecule has 1 atom stereocenters. The minimum Gasteiger partial charge on any atom is -0.326 e. The lowest BCUT2D eigenvalue weighted by atomic mass is 10.2. The highest BCUT2D eigenvalue weighted by Gasteiger charge is 2.31. The Balaban J connectivity index is 1.93. The average Bonchev–Trinajstić information content (AvgIpc) is 2.81. The van der Waals surface area contributed by atoms with Crippen molar-refractivity contribution >= 4 is 57.6 Å². The predicted molar refractivity (Wildman–Crippen MR) is 91.7 cm³/mol. The molecule has 0 spiro atoms. The number of carbonyl (C=O) groups excluding carboxylic acids is 2. The van der Waals surface area contributed by atoms with E-state index in [4.69, 9.17) is 23.2 Å².